The quantitative estimate of drug-likeness (QED) is 0.809. The maximum Gasteiger partial charge on any atom is 0.223 e. The third-order valence-corrected chi connectivity index (χ3v) is 5.71. The van der Waals surface area contributed by atoms with Crippen LogP contribution in [0.4, 0.5) is 0 Å². The van der Waals surface area contributed by atoms with Crippen LogP contribution in [0.1, 0.15) is 72.1 Å². The predicted octanol–water partition coefficient (Wildman–Crippen LogP) is 3.83. The van der Waals surface area contributed by atoms with Crippen molar-refractivity contribution in [3.8, 4) is 0 Å². The Labute approximate surface area is 137 Å². The number of nitrogens with zero attached hydrogens (tertiary/aromatic N) is 1. The molecule has 2 atom stereocenters. The van der Waals surface area contributed by atoms with Gasteiger partial charge in [-0.15, -0.1) is 0 Å². The molecule has 0 aromatic carbocycles. The van der Waals surface area contributed by atoms with Crippen LogP contribution in [0.3, 0.4) is 0 Å². The van der Waals surface area contributed by atoms with Gasteiger partial charge in [-0.25, -0.2) is 0 Å². The maximum absolute atomic E-state index is 12.8. The van der Waals surface area contributed by atoms with Crippen molar-refractivity contribution in [3.05, 3.63) is 0 Å². The van der Waals surface area contributed by atoms with E-state index in [1.165, 1.54) is 44.9 Å². The van der Waals surface area contributed by atoms with Gasteiger partial charge < -0.3 is 10.2 Å². The van der Waals surface area contributed by atoms with Gasteiger partial charge in [0.2, 0.25) is 5.91 Å². The van der Waals surface area contributed by atoms with E-state index in [-0.39, 0.29) is 0 Å². The average Bonchev–Trinajstić information content (AvgIpc) is 2.54. The zero-order valence-electron chi connectivity index (χ0n) is 14.9. The number of carbonyl (C=O) groups is 1. The molecule has 0 radical (unpaired) electrons. The molecule has 22 heavy (non-hydrogen) atoms. The fraction of sp³-hybridized carbons (Fsp3) is 0.947. The first kappa shape index (κ1) is 17.8. The molecule has 0 aliphatic carbocycles. The van der Waals surface area contributed by atoms with Crippen LogP contribution in [-0.4, -0.2) is 36.5 Å². The molecule has 3 heteroatoms. The Kier molecular flexibility index (Phi) is 7.20. The van der Waals surface area contributed by atoms with E-state index < -0.39 is 0 Å². The number of likely N-dealkylation sites (tertiary alicyclic amines) is 1. The molecule has 2 fully saturated rings. The van der Waals surface area contributed by atoms with Crippen molar-refractivity contribution in [2.45, 2.75) is 78.2 Å². The molecule has 0 aromatic heterocycles. The van der Waals surface area contributed by atoms with E-state index in [0.717, 1.165) is 37.9 Å². The standard InChI is InChI=1S/C19H36N2O/c1-15(2)7-8-18-6-4-5-13-21(18)19(22)14-16(3)17-9-11-20-12-10-17/h15-18,20H,4-14H2,1-3H3. The normalized spacial score (nSPS) is 25.5. The van der Waals surface area contributed by atoms with Crippen LogP contribution < -0.4 is 5.32 Å². The number of carbonyl (C=O) groups excluding carboxylic acids is 1. The van der Waals surface area contributed by atoms with Crippen molar-refractivity contribution in [3.63, 3.8) is 0 Å². The van der Waals surface area contributed by atoms with Gasteiger partial charge in [-0.2, -0.15) is 0 Å². The van der Waals surface area contributed by atoms with Gasteiger partial charge >= 0.3 is 0 Å². The van der Waals surface area contributed by atoms with Crippen LogP contribution >= 0.6 is 0 Å². The molecule has 0 aromatic rings. The van der Waals surface area contributed by atoms with Gasteiger partial charge in [0, 0.05) is 19.0 Å². The zero-order valence-corrected chi connectivity index (χ0v) is 14.9. The number of hydrogen-bond acceptors (Lipinski definition) is 2. The molecule has 2 heterocycles. The molecule has 2 aliphatic heterocycles. The molecule has 128 valence electrons. The minimum Gasteiger partial charge on any atom is -0.340 e. The molecular weight excluding hydrogens is 272 g/mol. The molecule has 3 nitrogen and oxygen atoms in total. The van der Waals surface area contributed by atoms with E-state index in [2.05, 4.69) is 31.0 Å². The summed E-state index contributed by atoms with van der Waals surface area (Å²) in [5, 5.41) is 3.43. The van der Waals surface area contributed by atoms with Gasteiger partial charge in [-0.1, -0.05) is 20.8 Å². The summed E-state index contributed by atoms with van der Waals surface area (Å²) in [7, 11) is 0. The fourth-order valence-corrected chi connectivity index (χ4v) is 4.13. The molecular formula is C19H36N2O. The Balaban J connectivity index is 1.84. The smallest absolute Gasteiger partial charge is 0.223 e. The highest BCUT2D eigenvalue weighted by Crippen LogP contribution is 2.28. The van der Waals surface area contributed by atoms with Crippen molar-refractivity contribution in [2.75, 3.05) is 19.6 Å². The van der Waals surface area contributed by atoms with Crippen LogP contribution in [0.2, 0.25) is 0 Å². The monoisotopic (exact) mass is 308 g/mol. The number of piperidine rings is 2. The summed E-state index contributed by atoms with van der Waals surface area (Å²) in [6.45, 7) is 10.1. The second kappa shape index (κ2) is 8.90. The molecule has 2 unspecified atom stereocenters. The first-order valence-corrected chi connectivity index (χ1v) is 9.58. The van der Waals surface area contributed by atoms with E-state index in [9.17, 15) is 4.79 Å². The minimum absolute atomic E-state index is 0.430. The van der Waals surface area contributed by atoms with Crippen LogP contribution in [0, 0.1) is 17.8 Å². The lowest BCUT2D eigenvalue weighted by Gasteiger charge is -2.38. The summed E-state index contributed by atoms with van der Waals surface area (Å²) >= 11 is 0. The Morgan fingerprint density at radius 2 is 1.86 bits per heavy atom. The van der Waals surface area contributed by atoms with Crippen LogP contribution in [-0.2, 0) is 4.79 Å². The van der Waals surface area contributed by atoms with Gasteiger partial charge in [-0.3, -0.25) is 4.79 Å². The highest BCUT2D eigenvalue weighted by Gasteiger charge is 2.29. The maximum atomic E-state index is 12.8. The van der Waals surface area contributed by atoms with Crippen molar-refractivity contribution in [2.24, 2.45) is 17.8 Å². The van der Waals surface area contributed by atoms with Crippen molar-refractivity contribution in [1.29, 1.82) is 0 Å². The Hall–Kier alpha value is -0.570. The summed E-state index contributed by atoms with van der Waals surface area (Å²) in [4.78, 5) is 15.1. The molecule has 0 bridgehead atoms. The summed E-state index contributed by atoms with van der Waals surface area (Å²) in [6, 6.07) is 0.517. The fourth-order valence-electron chi connectivity index (χ4n) is 4.13. The largest absolute Gasteiger partial charge is 0.340 e. The third kappa shape index (κ3) is 5.26. The second-order valence-corrected chi connectivity index (χ2v) is 7.98. The van der Waals surface area contributed by atoms with E-state index in [1.807, 2.05) is 0 Å². The Morgan fingerprint density at radius 1 is 1.14 bits per heavy atom. The SMILES string of the molecule is CC(C)CCC1CCCCN1C(=O)CC(C)C1CCNCC1. The lowest BCUT2D eigenvalue weighted by Crippen LogP contribution is -2.45. The van der Waals surface area contributed by atoms with Crippen molar-refractivity contribution < 1.29 is 4.79 Å². The molecule has 2 rings (SSSR count). The molecule has 1 N–H and O–H groups in total. The van der Waals surface area contributed by atoms with Crippen molar-refractivity contribution in [1.82, 2.24) is 10.2 Å². The van der Waals surface area contributed by atoms with Gasteiger partial charge in [-0.05, 0) is 75.8 Å². The highest BCUT2D eigenvalue weighted by atomic mass is 16.2. The number of amides is 1. The first-order valence-electron chi connectivity index (χ1n) is 9.58. The van der Waals surface area contributed by atoms with Gasteiger partial charge in [0.1, 0.15) is 0 Å². The highest BCUT2D eigenvalue weighted by molar-refractivity contribution is 5.76. The first-order chi connectivity index (χ1) is 10.6. The molecule has 2 saturated heterocycles. The van der Waals surface area contributed by atoms with E-state index >= 15 is 0 Å². The minimum atomic E-state index is 0.430. The molecule has 0 spiro atoms. The van der Waals surface area contributed by atoms with Gasteiger partial charge in [0.05, 0.1) is 0 Å². The molecule has 1 amide bonds. The number of nitrogens with one attached hydrogen (secondary N) is 1. The number of rotatable bonds is 6. The van der Waals surface area contributed by atoms with Crippen LogP contribution in [0.25, 0.3) is 0 Å². The summed E-state index contributed by atoms with van der Waals surface area (Å²) in [5.41, 5.74) is 0. The molecule has 2 aliphatic rings. The molecule has 0 saturated carbocycles. The topological polar surface area (TPSA) is 32.3 Å². The Morgan fingerprint density at radius 3 is 2.55 bits per heavy atom. The van der Waals surface area contributed by atoms with Crippen LogP contribution in [0.15, 0.2) is 0 Å². The lowest BCUT2D eigenvalue weighted by molar-refractivity contribution is -0.136. The third-order valence-electron chi connectivity index (χ3n) is 5.71. The van der Waals surface area contributed by atoms with Crippen molar-refractivity contribution >= 4 is 5.91 Å². The Bertz CT molecular complexity index is 336. The summed E-state index contributed by atoms with van der Waals surface area (Å²) < 4.78 is 0. The van der Waals surface area contributed by atoms with E-state index in [4.69, 9.17) is 0 Å². The van der Waals surface area contributed by atoms with E-state index in [0.29, 0.717) is 17.9 Å². The average molecular weight is 309 g/mol. The summed E-state index contributed by atoms with van der Waals surface area (Å²) in [5.74, 6) is 2.46. The predicted molar refractivity (Wildman–Crippen MR) is 92.8 cm³/mol. The summed E-state index contributed by atoms with van der Waals surface area (Å²) in [6.07, 6.45) is 9.42. The lowest BCUT2D eigenvalue weighted by atomic mass is 9.83. The number of hydrogen-bond donors (Lipinski definition) is 1. The second-order valence-electron chi connectivity index (χ2n) is 7.98. The zero-order chi connectivity index (χ0) is 15.9. The van der Waals surface area contributed by atoms with Gasteiger partial charge in [0.15, 0.2) is 0 Å². The van der Waals surface area contributed by atoms with E-state index in [1.54, 1.807) is 0 Å². The van der Waals surface area contributed by atoms with Gasteiger partial charge in [0.25, 0.3) is 0 Å². The van der Waals surface area contributed by atoms with Crippen LogP contribution in [0.5, 0.6) is 0 Å².